The standard InChI is InChI=1S/C21H22FN3O2S2/c1-13-9-14(2)11-24(10-13)18(26)12-29-21-23-16-7-8-28-19(16)20(27)25(21)17-6-4-3-5-15(17)22/h3-8,13-14H,9-12H2,1-2H3/t13-,14+. The van der Waals surface area contributed by atoms with Crippen LogP contribution in [0.25, 0.3) is 15.9 Å². The number of hydrogen-bond acceptors (Lipinski definition) is 5. The largest absolute Gasteiger partial charge is 0.341 e. The second kappa shape index (κ2) is 8.28. The molecule has 1 aliphatic heterocycles. The molecular weight excluding hydrogens is 409 g/mol. The molecule has 1 amide bonds. The van der Waals surface area contributed by atoms with E-state index in [9.17, 15) is 14.0 Å². The minimum atomic E-state index is -0.501. The van der Waals surface area contributed by atoms with Gasteiger partial charge in [0.2, 0.25) is 5.91 Å². The smallest absolute Gasteiger partial charge is 0.276 e. The molecule has 1 aromatic carbocycles. The number of nitrogens with zero attached hydrogens (tertiary/aromatic N) is 3. The second-order valence-electron chi connectivity index (χ2n) is 7.65. The summed E-state index contributed by atoms with van der Waals surface area (Å²) in [6.45, 7) is 5.82. The molecule has 0 aliphatic carbocycles. The highest BCUT2D eigenvalue weighted by molar-refractivity contribution is 7.99. The molecule has 8 heteroatoms. The highest BCUT2D eigenvalue weighted by atomic mass is 32.2. The Balaban J connectivity index is 1.66. The molecule has 0 saturated carbocycles. The van der Waals surface area contributed by atoms with Crippen molar-refractivity contribution < 1.29 is 9.18 Å². The SMILES string of the molecule is C[C@@H]1C[C@H](C)CN(C(=O)CSc2nc3ccsc3c(=O)n2-c2ccccc2F)C1. The van der Waals surface area contributed by atoms with Crippen LogP contribution < -0.4 is 5.56 Å². The van der Waals surface area contributed by atoms with Crippen molar-refractivity contribution in [2.24, 2.45) is 11.8 Å². The van der Waals surface area contributed by atoms with Gasteiger partial charge in [-0.1, -0.05) is 37.7 Å². The van der Waals surface area contributed by atoms with Crippen molar-refractivity contribution in [1.29, 1.82) is 0 Å². The van der Waals surface area contributed by atoms with Gasteiger partial charge in [-0.3, -0.25) is 14.2 Å². The molecule has 2 aromatic heterocycles. The van der Waals surface area contributed by atoms with Gasteiger partial charge in [-0.2, -0.15) is 0 Å². The number of rotatable bonds is 4. The third-order valence-electron chi connectivity index (χ3n) is 5.09. The zero-order valence-electron chi connectivity index (χ0n) is 16.3. The maximum Gasteiger partial charge on any atom is 0.276 e. The first-order valence-electron chi connectivity index (χ1n) is 9.59. The van der Waals surface area contributed by atoms with Gasteiger partial charge in [-0.15, -0.1) is 11.3 Å². The van der Waals surface area contributed by atoms with Crippen LogP contribution in [0.15, 0.2) is 45.7 Å². The van der Waals surface area contributed by atoms with Crippen LogP contribution in [0.1, 0.15) is 20.3 Å². The molecule has 0 radical (unpaired) electrons. The van der Waals surface area contributed by atoms with Crippen LogP contribution in [0.3, 0.4) is 0 Å². The lowest BCUT2D eigenvalue weighted by Gasteiger charge is -2.35. The topological polar surface area (TPSA) is 55.2 Å². The molecule has 0 N–H and O–H groups in total. The first-order chi connectivity index (χ1) is 13.9. The number of benzene rings is 1. The number of carbonyl (C=O) groups excluding carboxylic acids is 1. The van der Waals surface area contributed by atoms with Crippen LogP contribution in [-0.2, 0) is 4.79 Å². The lowest BCUT2D eigenvalue weighted by atomic mass is 9.92. The molecular formula is C21H22FN3O2S2. The van der Waals surface area contributed by atoms with E-state index in [1.807, 2.05) is 4.90 Å². The summed E-state index contributed by atoms with van der Waals surface area (Å²) in [6.07, 6.45) is 1.13. The van der Waals surface area contributed by atoms with Gasteiger partial charge in [0.25, 0.3) is 5.56 Å². The molecule has 5 nitrogen and oxygen atoms in total. The summed E-state index contributed by atoms with van der Waals surface area (Å²) in [4.78, 5) is 32.3. The highest BCUT2D eigenvalue weighted by Gasteiger charge is 2.26. The Labute approximate surface area is 176 Å². The van der Waals surface area contributed by atoms with Gasteiger partial charge in [0, 0.05) is 13.1 Å². The van der Waals surface area contributed by atoms with Gasteiger partial charge >= 0.3 is 0 Å². The molecule has 152 valence electrons. The predicted octanol–water partition coefficient (Wildman–Crippen LogP) is 4.18. The van der Waals surface area contributed by atoms with Crippen LogP contribution in [0.4, 0.5) is 4.39 Å². The molecule has 0 spiro atoms. The van der Waals surface area contributed by atoms with E-state index in [1.165, 1.54) is 33.7 Å². The second-order valence-corrected chi connectivity index (χ2v) is 9.51. The fraction of sp³-hybridized carbons (Fsp3) is 0.381. The molecule has 1 fully saturated rings. The molecule has 29 heavy (non-hydrogen) atoms. The zero-order valence-corrected chi connectivity index (χ0v) is 17.9. The normalized spacial score (nSPS) is 19.6. The Kier molecular flexibility index (Phi) is 5.74. The summed E-state index contributed by atoms with van der Waals surface area (Å²) in [5.74, 6) is 0.636. The molecule has 3 heterocycles. The minimum absolute atomic E-state index is 0.0214. The Morgan fingerprint density at radius 3 is 2.69 bits per heavy atom. The summed E-state index contributed by atoms with van der Waals surface area (Å²) in [6, 6.07) is 7.90. The summed E-state index contributed by atoms with van der Waals surface area (Å²) >= 11 is 2.47. The molecule has 0 bridgehead atoms. The number of amides is 1. The van der Waals surface area contributed by atoms with Gasteiger partial charge in [0.05, 0.1) is 17.0 Å². The lowest BCUT2D eigenvalue weighted by molar-refractivity contribution is -0.130. The Bertz CT molecular complexity index is 1100. The molecule has 3 aromatic rings. The summed E-state index contributed by atoms with van der Waals surface area (Å²) < 4.78 is 16.2. The lowest BCUT2D eigenvalue weighted by Crippen LogP contribution is -2.43. The maximum absolute atomic E-state index is 14.5. The van der Waals surface area contributed by atoms with Crippen LogP contribution in [0.5, 0.6) is 0 Å². The third kappa shape index (κ3) is 4.09. The molecule has 0 unspecified atom stereocenters. The number of fused-ring (bicyclic) bond motifs is 1. The fourth-order valence-corrected chi connectivity index (χ4v) is 5.59. The van der Waals surface area contributed by atoms with Crippen molar-refractivity contribution in [3.05, 3.63) is 51.9 Å². The van der Waals surface area contributed by atoms with Crippen molar-refractivity contribution in [1.82, 2.24) is 14.5 Å². The number of carbonyl (C=O) groups is 1. The molecule has 1 aliphatic rings. The third-order valence-corrected chi connectivity index (χ3v) is 6.90. The van der Waals surface area contributed by atoms with Crippen molar-refractivity contribution in [3.8, 4) is 5.69 Å². The quantitative estimate of drug-likeness (QED) is 0.459. The average Bonchev–Trinajstić information content (AvgIpc) is 3.15. The van der Waals surface area contributed by atoms with Gasteiger partial charge in [0.15, 0.2) is 5.16 Å². The van der Waals surface area contributed by atoms with E-state index in [-0.39, 0.29) is 22.9 Å². The number of aromatic nitrogens is 2. The number of piperidine rings is 1. The summed E-state index contributed by atoms with van der Waals surface area (Å²) in [7, 11) is 0. The monoisotopic (exact) mass is 431 g/mol. The Hall–Kier alpha value is -2.19. The van der Waals surface area contributed by atoms with Crippen LogP contribution >= 0.6 is 23.1 Å². The average molecular weight is 432 g/mol. The van der Waals surface area contributed by atoms with E-state index >= 15 is 0 Å². The number of thioether (sulfide) groups is 1. The van der Waals surface area contributed by atoms with E-state index in [2.05, 4.69) is 18.8 Å². The van der Waals surface area contributed by atoms with Crippen LogP contribution in [0, 0.1) is 17.7 Å². The first kappa shape index (κ1) is 20.1. The first-order valence-corrected chi connectivity index (χ1v) is 11.5. The molecule has 2 atom stereocenters. The van der Waals surface area contributed by atoms with Crippen molar-refractivity contribution in [2.45, 2.75) is 25.4 Å². The van der Waals surface area contributed by atoms with Gasteiger partial charge in [0.1, 0.15) is 10.5 Å². The van der Waals surface area contributed by atoms with Crippen LogP contribution in [-0.4, -0.2) is 39.2 Å². The number of thiophene rings is 1. The molecule has 1 saturated heterocycles. The van der Waals surface area contributed by atoms with Crippen molar-refractivity contribution >= 4 is 39.2 Å². The Morgan fingerprint density at radius 1 is 1.24 bits per heavy atom. The van der Waals surface area contributed by atoms with E-state index in [0.717, 1.165) is 19.5 Å². The number of halogens is 1. The van der Waals surface area contributed by atoms with Crippen molar-refractivity contribution in [3.63, 3.8) is 0 Å². The summed E-state index contributed by atoms with van der Waals surface area (Å²) in [5, 5.41) is 2.12. The molecule has 4 rings (SSSR count). The van der Waals surface area contributed by atoms with Gasteiger partial charge in [-0.05, 0) is 41.8 Å². The predicted molar refractivity (Wildman–Crippen MR) is 115 cm³/mol. The Morgan fingerprint density at radius 2 is 1.97 bits per heavy atom. The number of para-hydroxylation sites is 1. The van der Waals surface area contributed by atoms with E-state index in [4.69, 9.17) is 0 Å². The minimum Gasteiger partial charge on any atom is -0.341 e. The van der Waals surface area contributed by atoms with Gasteiger partial charge in [-0.25, -0.2) is 9.37 Å². The van der Waals surface area contributed by atoms with E-state index in [1.54, 1.807) is 29.6 Å². The highest BCUT2D eigenvalue weighted by Crippen LogP contribution is 2.26. The maximum atomic E-state index is 14.5. The van der Waals surface area contributed by atoms with Crippen LogP contribution in [0.2, 0.25) is 0 Å². The van der Waals surface area contributed by atoms with E-state index in [0.29, 0.717) is 27.2 Å². The van der Waals surface area contributed by atoms with Gasteiger partial charge < -0.3 is 4.90 Å². The van der Waals surface area contributed by atoms with Crippen molar-refractivity contribution in [2.75, 3.05) is 18.8 Å². The van der Waals surface area contributed by atoms with E-state index < -0.39 is 5.82 Å². The fourth-order valence-electron chi connectivity index (χ4n) is 3.92. The zero-order chi connectivity index (χ0) is 20.5. The summed E-state index contributed by atoms with van der Waals surface area (Å²) in [5.41, 5.74) is 0.406. The number of likely N-dealkylation sites (tertiary alicyclic amines) is 1. The number of hydrogen-bond donors (Lipinski definition) is 0.